The first-order valence-electron chi connectivity index (χ1n) is 8.93. The van der Waals surface area contributed by atoms with E-state index in [1.807, 2.05) is 35.8 Å². The van der Waals surface area contributed by atoms with E-state index in [1.165, 1.54) is 17.3 Å². The number of rotatable bonds is 7. The normalized spacial score (nSPS) is 12.1. The smallest absolute Gasteiger partial charge is 0.233 e. The van der Waals surface area contributed by atoms with E-state index in [4.69, 9.17) is 4.42 Å². The molecule has 27 heavy (non-hydrogen) atoms. The lowest BCUT2D eigenvalue weighted by molar-refractivity contribution is -0.129. The van der Waals surface area contributed by atoms with Gasteiger partial charge in [-0.05, 0) is 39.0 Å². The van der Waals surface area contributed by atoms with Crippen LogP contribution in [0, 0.1) is 6.92 Å². The minimum absolute atomic E-state index is 0.0201. The van der Waals surface area contributed by atoms with Crippen LogP contribution in [0.15, 0.2) is 52.2 Å². The van der Waals surface area contributed by atoms with Crippen LogP contribution in [-0.4, -0.2) is 38.4 Å². The number of aryl methyl sites for hydroxylation is 1. The highest BCUT2D eigenvalue weighted by Crippen LogP contribution is 2.26. The summed E-state index contributed by atoms with van der Waals surface area (Å²) in [5.41, 5.74) is 2.21. The largest absolute Gasteiger partial charge is 0.467 e. The highest BCUT2D eigenvalue weighted by atomic mass is 32.2. The molecule has 0 saturated carbocycles. The summed E-state index contributed by atoms with van der Waals surface area (Å²) in [5, 5.41) is 9.41. The SMILES string of the molecule is CCn1c(SCC(=O)N(C)C(C)c2ccco2)nnc1-c1cccc(C)c1. The van der Waals surface area contributed by atoms with Crippen LogP contribution in [0.3, 0.4) is 0 Å². The molecular formula is C20H24N4O2S. The van der Waals surface area contributed by atoms with Gasteiger partial charge in [0.1, 0.15) is 5.76 Å². The van der Waals surface area contributed by atoms with Crippen LogP contribution in [0.4, 0.5) is 0 Å². The second kappa shape index (κ2) is 8.43. The molecule has 0 aliphatic heterocycles. The molecular weight excluding hydrogens is 360 g/mol. The Kier molecular flexibility index (Phi) is 6.01. The highest BCUT2D eigenvalue weighted by Gasteiger charge is 2.21. The van der Waals surface area contributed by atoms with Crippen molar-refractivity contribution in [2.75, 3.05) is 12.8 Å². The Balaban J connectivity index is 1.70. The van der Waals surface area contributed by atoms with Crippen molar-refractivity contribution in [1.82, 2.24) is 19.7 Å². The standard InChI is InChI=1S/C20H24N4O2S/c1-5-24-19(16-9-6-8-14(2)12-16)21-22-20(24)27-13-18(25)23(4)15(3)17-10-7-11-26-17/h6-12,15H,5,13H2,1-4H3. The molecule has 0 aliphatic rings. The topological polar surface area (TPSA) is 64.2 Å². The zero-order valence-corrected chi connectivity index (χ0v) is 16.9. The van der Waals surface area contributed by atoms with Crippen molar-refractivity contribution in [2.24, 2.45) is 0 Å². The fraction of sp³-hybridized carbons (Fsp3) is 0.350. The quantitative estimate of drug-likeness (QED) is 0.572. The molecule has 0 fully saturated rings. The van der Waals surface area contributed by atoms with E-state index in [2.05, 4.69) is 36.2 Å². The lowest BCUT2D eigenvalue weighted by Gasteiger charge is -2.23. The van der Waals surface area contributed by atoms with Crippen LogP contribution in [0.2, 0.25) is 0 Å². The number of amides is 1. The summed E-state index contributed by atoms with van der Waals surface area (Å²) in [6.45, 7) is 6.80. The lowest BCUT2D eigenvalue weighted by Crippen LogP contribution is -2.31. The van der Waals surface area contributed by atoms with Gasteiger partial charge in [-0.25, -0.2) is 0 Å². The van der Waals surface area contributed by atoms with Crippen molar-refractivity contribution in [3.8, 4) is 11.4 Å². The van der Waals surface area contributed by atoms with Gasteiger partial charge in [0.2, 0.25) is 5.91 Å². The summed E-state index contributed by atoms with van der Waals surface area (Å²) in [4.78, 5) is 14.3. The first kappa shape index (κ1) is 19.2. The number of nitrogens with zero attached hydrogens (tertiary/aromatic N) is 4. The average molecular weight is 385 g/mol. The van der Waals surface area contributed by atoms with Gasteiger partial charge >= 0.3 is 0 Å². The van der Waals surface area contributed by atoms with Gasteiger partial charge in [0.05, 0.1) is 18.1 Å². The molecule has 0 spiro atoms. The maximum Gasteiger partial charge on any atom is 0.233 e. The fourth-order valence-corrected chi connectivity index (χ4v) is 3.77. The van der Waals surface area contributed by atoms with E-state index in [1.54, 1.807) is 18.2 Å². The van der Waals surface area contributed by atoms with Gasteiger partial charge in [-0.1, -0.05) is 35.5 Å². The molecule has 0 bridgehead atoms. The maximum atomic E-state index is 12.6. The zero-order valence-electron chi connectivity index (χ0n) is 16.0. The lowest BCUT2D eigenvalue weighted by atomic mass is 10.1. The van der Waals surface area contributed by atoms with Gasteiger partial charge in [0.15, 0.2) is 11.0 Å². The molecule has 3 rings (SSSR count). The molecule has 0 saturated heterocycles. The highest BCUT2D eigenvalue weighted by molar-refractivity contribution is 7.99. The number of thioether (sulfide) groups is 1. The summed E-state index contributed by atoms with van der Waals surface area (Å²) in [6.07, 6.45) is 1.62. The second-order valence-electron chi connectivity index (χ2n) is 6.40. The monoisotopic (exact) mass is 384 g/mol. The van der Waals surface area contributed by atoms with E-state index >= 15 is 0 Å². The number of benzene rings is 1. The maximum absolute atomic E-state index is 12.6. The van der Waals surface area contributed by atoms with Crippen LogP contribution >= 0.6 is 11.8 Å². The molecule has 2 aromatic heterocycles. The fourth-order valence-electron chi connectivity index (χ4n) is 2.84. The third kappa shape index (κ3) is 4.24. The summed E-state index contributed by atoms with van der Waals surface area (Å²) in [7, 11) is 1.79. The first-order valence-corrected chi connectivity index (χ1v) is 9.92. The second-order valence-corrected chi connectivity index (χ2v) is 7.35. The Labute approximate surface area is 163 Å². The summed E-state index contributed by atoms with van der Waals surface area (Å²) in [6, 6.07) is 11.8. The van der Waals surface area contributed by atoms with Crippen molar-refractivity contribution < 1.29 is 9.21 Å². The van der Waals surface area contributed by atoms with Gasteiger partial charge in [-0.3, -0.25) is 4.79 Å². The number of aromatic nitrogens is 3. The molecule has 7 heteroatoms. The van der Waals surface area contributed by atoms with E-state index in [9.17, 15) is 4.79 Å². The molecule has 0 radical (unpaired) electrons. The number of carbonyl (C=O) groups excluding carboxylic acids is 1. The average Bonchev–Trinajstić information content (AvgIpc) is 3.34. The number of hydrogen-bond donors (Lipinski definition) is 0. The predicted molar refractivity (Wildman–Crippen MR) is 106 cm³/mol. The Morgan fingerprint density at radius 3 is 2.78 bits per heavy atom. The van der Waals surface area contributed by atoms with E-state index in [0.717, 1.165) is 28.8 Å². The van der Waals surface area contributed by atoms with Crippen molar-refractivity contribution in [2.45, 2.75) is 38.5 Å². The number of furan rings is 1. The van der Waals surface area contributed by atoms with Crippen molar-refractivity contribution >= 4 is 17.7 Å². The van der Waals surface area contributed by atoms with Crippen LogP contribution in [0.5, 0.6) is 0 Å². The van der Waals surface area contributed by atoms with Crippen LogP contribution < -0.4 is 0 Å². The third-order valence-electron chi connectivity index (χ3n) is 4.56. The van der Waals surface area contributed by atoms with Gasteiger partial charge in [-0.15, -0.1) is 10.2 Å². The molecule has 3 aromatic rings. The molecule has 6 nitrogen and oxygen atoms in total. The van der Waals surface area contributed by atoms with Crippen LogP contribution in [0.1, 0.15) is 31.2 Å². The Bertz CT molecular complexity index is 905. The molecule has 2 heterocycles. The minimum Gasteiger partial charge on any atom is -0.467 e. The van der Waals surface area contributed by atoms with E-state index in [0.29, 0.717) is 5.75 Å². The van der Waals surface area contributed by atoms with Gasteiger partial charge in [0, 0.05) is 19.2 Å². The summed E-state index contributed by atoms with van der Waals surface area (Å²) >= 11 is 1.41. The van der Waals surface area contributed by atoms with E-state index < -0.39 is 0 Å². The molecule has 1 atom stereocenters. The molecule has 1 aromatic carbocycles. The predicted octanol–water partition coefficient (Wildman–Crippen LogP) is 4.18. The van der Waals surface area contributed by atoms with Gasteiger partial charge in [-0.2, -0.15) is 0 Å². The molecule has 1 unspecified atom stereocenters. The Morgan fingerprint density at radius 2 is 2.11 bits per heavy atom. The minimum atomic E-state index is -0.111. The molecule has 0 N–H and O–H groups in total. The summed E-state index contributed by atoms with van der Waals surface area (Å²) < 4.78 is 7.44. The third-order valence-corrected chi connectivity index (χ3v) is 5.51. The Morgan fingerprint density at radius 1 is 1.30 bits per heavy atom. The first-order chi connectivity index (χ1) is 13.0. The van der Waals surface area contributed by atoms with Crippen LogP contribution in [0.25, 0.3) is 11.4 Å². The van der Waals surface area contributed by atoms with E-state index in [-0.39, 0.29) is 11.9 Å². The van der Waals surface area contributed by atoms with Crippen molar-refractivity contribution in [3.05, 3.63) is 54.0 Å². The van der Waals surface area contributed by atoms with Crippen LogP contribution in [-0.2, 0) is 11.3 Å². The zero-order chi connectivity index (χ0) is 19.4. The number of carbonyl (C=O) groups is 1. The Hall–Kier alpha value is -2.54. The van der Waals surface area contributed by atoms with Crippen molar-refractivity contribution in [3.63, 3.8) is 0 Å². The van der Waals surface area contributed by atoms with Gasteiger partial charge in [0.25, 0.3) is 0 Å². The molecule has 0 aliphatic carbocycles. The summed E-state index contributed by atoms with van der Waals surface area (Å²) in [5.74, 6) is 1.92. The van der Waals surface area contributed by atoms with Crippen molar-refractivity contribution in [1.29, 1.82) is 0 Å². The van der Waals surface area contributed by atoms with Gasteiger partial charge < -0.3 is 13.9 Å². The molecule has 142 valence electrons. The molecule has 1 amide bonds. The number of hydrogen-bond acceptors (Lipinski definition) is 5.